The number of amides is 2. The van der Waals surface area contributed by atoms with Crippen LogP contribution < -0.4 is 0 Å². The Morgan fingerprint density at radius 2 is 1.49 bits per heavy atom. The maximum absolute atomic E-state index is 13.2. The zero-order valence-electron chi connectivity index (χ0n) is 20.5. The van der Waals surface area contributed by atoms with Crippen LogP contribution in [0, 0.1) is 6.92 Å². The van der Waals surface area contributed by atoms with Crippen molar-refractivity contribution in [1.29, 1.82) is 0 Å². The van der Waals surface area contributed by atoms with Gasteiger partial charge in [0.2, 0.25) is 15.9 Å². The number of piperazine rings is 1. The first-order valence-corrected chi connectivity index (χ1v) is 14.0. The standard InChI is InChI=1S/C27H35N3O4S/c1-22-13-14-24(21-25(22)35(33,34)30-15-6-3-7-16-30)27(32)29-19-17-28(18-20-29)26(31)12-8-11-23-9-4-2-5-10-23/h2,4-5,9-10,13-14,21H,3,6-8,11-12,15-20H2,1H3. The lowest BCUT2D eigenvalue weighted by Gasteiger charge is -2.35. The van der Waals surface area contributed by atoms with Crippen molar-refractivity contribution in [3.05, 3.63) is 65.2 Å². The smallest absolute Gasteiger partial charge is 0.254 e. The number of hydrogen-bond acceptors (Lipinski definition) is 4. The van der Waals surface area contributed by atoms with E-state index in [-0.39, 0.29) is 16.7 Å². The Balaban J connectivity index is 1.33. The highest BCUT2D eigenvalue weighted by molar-refractivity contribution is 7.89. The third-order valence-corrected chi connectivity index (χ3v) is 9.03. The number of benzene rings is 2. The van der Waals surface area contributed by atoms with Gasteiger partial charge in [0.15, 0.2) is 0 Å². The fraction of sp³-hybridized carbons (Fsp3) is 0.481. The van der Waals surface area contributed by atoms with Gasteiger partial charge in [-0.05, 0) is 55.9 Å². The van der Waals surface area contributed by atoms with Crippen LogP contribution in [0.2, 0.25) is 0 Å². The molecular weight excluding hydrogens is 462 g/mol. The van der Waals surface area contributed by atoms with Crippen molar-refractivity contribution in [3.63, 3.8) is 0 Å². The molecule has 8 heteroatoms. The largest absolute Gasteiger partial charge is 0.339 e. The highest BCUT2D eigenvalue weighted by atomic mass is 32.2. The van der Waals surface area contributed by atoms with Crippen LogP contribution in [-0.2, 0) is 21.2 Å². The molecular formula is C27H35N3O4S. The van der Waals surface area contributed by atoms with Crippen LogP contribution in [0.25, 0.3) is 0 Å². The van der Waals surface area contributed by atoms with Crippen LogP contribution >= 0.6 is 0 Å². The predicted molar refractivity (Wildman–Crippen MR) is 136 cm³/mol. The van der Waals surface area contributed by atoms with E-state index in [1.54, 1.807) is 24.0 Å². The molecule has 0 aliphatic carbocycles. The van der Waals surface area contributed by atoms with E-state index in [1.165, 1.54) is 15.9 Å². The minimum Gasteiger partial charge on any atom is -0.339 e. The molecule has 0 bridgehead atoms. The molecule has 2 heterocycles. The Bertz CT molecular complexity index is 1140. The Kier molecular flexibility index (Phi) is 8.23. The number of piperidine rings is 1. The number of carbonyl (C=O) groups is 2. The molecule has 0 atom stereocenters. The first-order chi connectivity index (χ1) is 16.9. The van der Waals surface area contributed by atoms with Crippen molar-refractivity contribution in [1.82, 2.24) is 14.1 Å². The van der Waals surface area contributed by atoms with Crippen LogP contribution in [0.1, 0.15) is 53.6 Å². The summed E-state index contributed by atoms with van der Waals surface area (Å²) in [5.74, 6) is -0.0606. The molecule has 35 heavy (non-hydrogen) atoms. The number of sulfonamides is 1. The van der Waals surface area contributed by atoms with Gasteiger partial charge >= 0.3 is 0 Å². The number of rotatable bonds is 7. The average molecular weight is 498 g/mol. The SMILES string of the molecule is Cc1ccc(C(=O)N2CCN(C(=O)CCCc3ccccc3)CC2)cc1S(=O)(=O)N1CCCCC1. The van der Waals surface area contributed by atoms with Crippen LogP contribution in [0.5, 0.6) is 0 Å². The summed E-state index contributed by atoms with van der Waals surface area (Å²) in [5.41, 5.74) is 2.27. The van der Waals surface area contributed by atoms with Crippen LogP contribution in [0.15, 0.2) is 53.4 Å². The van der Waals surface area contributed by atoms with E-state index in [9.17, 15) is 18.0 Å². The van der Waals surface area contributed by atoms with E-state index >= 15 is 0 Å². The molecule has 188 valence electrons. The molecule has 0 radical (unpaired) electrons. The molecule has 0 N–H and O–H groups in total. The van der Waals surface area contributed by atoms with Gasteiger partial charge in [0, 0.05) is 51.3 Å². The van der Waals surface area contributed by atoms with Crippen molar-refractivity contribution < 1.29 is 18.0 Å². The molecule has 0 saturated carbocycles. The summed E-state index contributed by atoms with van der Waals surface area (Å²) in [5, 5.41) is 0. The maximum atomic E-state index is 13.2. The van der Waals surface area contributed by atoms with E-state index in [0.29, 0.717) is 56.8 Å². The molecule has 2 aromatic rings. The zero-order chi connectivity index (χ0) is 24.8. The van der Waals surface area contributed by atoms with Crippen molar-refractivity contribution in [2.45, 2.75) is 50.3 Å². The molecule has 0 aromatic heterocycles. The Labute approximate surface area is 208 Å². The first-order valence-electron chi connectivity index (χ1n) is 12.6. The van der Waals surface area contributed by atoms with Gasteiger partial charge < -0.3 is 9.80 Å². The summed E-state index contributed by atoms with van der Waals surface area (Å²) in [6, 6.07) is 15.1. The van der Waals surface area contributed by atoms with Gasteiger partial charge in [-0.3, -0.25) is 9.59 Å². The zero-order valence-corrected chi connectivity index (χ0v) is 21.3. The predicted octanol–water partition coefficient (Wildman–Crippen LogP) is 3.48. The van der Waals surface area contributed by atoms with Crippen molar-refractivity contribution in [2.75, 3.05) is 39.3 Å². The summed E-state index contributed by atoms with van der Waals surface area (Å²) in [7, 11) is -3.62. The topological polar surface area (TPSA) is 78.0 Å². The average Bonchev–Trinajstić information content (AvgIpc) is 2.89. The summed E-state index contributed by atoms with van der Waals surface area (Å²) in [6.45, 7) is 4.73. The second kappa shape index (κ2) is 11.4. The van der Waals surface area contributed by atoms with E-state index in [4.69, 9.17) is 0 Å². The van der Waals surface area contributed by atoms with Crippen molar-refractivity contribution in [3.8, 4) is 0 Å². The lowest BCUT2D eigenvalue weighted by Crippen LogP contribution is -2.50. The molecule has 2 amide bonds. The third kappa shape index (κ3) is 6.11. The van der Waals surface area contributed by atoms with E-state index in [1.807, 2.05) is 23.1 Å². The Morgan fingerprint density at radius 1 is 0.829 bits per heavy atom. The third-order valence-electron chi connectivity index (χ3n) is 6.99. The quantitative estimate of drug-likeness (QED) is 0.587. The van der Waals surface area contributed by atoms with Crippen LogP contribution in [0.3, 0.4) is 0 Å². The number of aryl methyl sites for hydroxylation is 2. The molecule has 0 unspecified atom stereocenters. The lowest BCUT2D eigenvalue weighted by molar-refractivity contribution is -0.132. The highest BCUT2D eigenvalue weighted by Gasteiger charge is 2.30. The minimum atomic E-state index is -3.62. The van der Waals surface area contributed by atoms with Gasteiger partial charge in [-0.15, -0.1) is 0 Å². The van der Waals surface area contributed by atoms with E-state index in [2.05, 4.69) is 12.1 Å². The van der Waals surface area contributed by atoms with Gasteiger partial charge in [-0.1, -0.05) is 42.8 Å². The molecule has 2 aromatic carbocycles. The minimum absolute atomic E-state index is 0.123. The summed E-state index contributed by atoms with van der Waals surface area (Å²) in [4.78, 5) is 29.6. The molecule has 2 saturated heterocycles. The molecule has 2 fully saturated rings. The van der Waals surface area contributed by atoms with E-state index < -0.39 is 10.0 Å². The van der Waals surface area contributed by atoms with E-state index in [0.717, 1.165) is 32.1 Å². The number of nitrogens with zero attached hydrogens (tertiary/aromatic N) is 3. The summed E-state index contributed by atoms with van der Waals surface area (Å²) in [6.07, 6.45) is 4.96. The van der Waals surface area contributed by atoms with Gasteiger partial charge in [0.05, 0.1) is 4.90 Å². The maximum Gasteiger partial charge on any atom is 0.254 e. The number of carbonyl (C=O) groups excluding carboxylic acids is 2. The van der Waals surface area contributed by atoms with Gasteiger partial charge in [-0.25, -0.2) is 8.42 Å². The fourth-order valence-electron chi connectivity index (χ4n) is 4.84. The second-order valence-electron chi connectivity index (χ2n) is 9.46. The van der Waals surface area contributed by atoms with Crippen LogP contribution in [0.4, 0.5) is 0 Å². The van der Waals surface area contributed by atoms with Crippen LogP contribution in [-0.4, -0.2) is 73.6 Å². The van der Waals surface area contributed by atoms with Gasteiger partial charge in [0.1, 0.15) is 0 Å². The molecule has 7 nitrogen and oxygen atoms in total. The molecule has 2 aliphatic heterocycles. The summed E-state index contributed by atoms with van der Waals surface area (Å²) < 4.78 is 28.0. The molecule has 4 rings (SSSR count). The first kappa shape index (κ1) is 25.4. The van der Waals surface area contributed by atoms with Crippen molar-refractivity contribution in [2.24, 2.45) is 0 Å². The highest BCUT2D eigenvalue weighted by Crippen LogP contribution is 2.25. The van der Waals surface area contributed by atoms with Gasteiger partial charge in [-0.2, -0.15) is 4.31 Å². The van der Waals surface area contributed by atoms with Crippen molar-refractivity contribution >= 4 is 21.8 Å². The molecule has 0 spiro atoms. The molecule has 2 aliphatic rings. The fourth-order valence-corrected chi connectivity index (χ4v) is 6.61. The van der Waals surface area contributed by atoms with Gasteiger partial charge in [0.25, 0.3) is 5.91 Å². The monoisotopic (exact) mass is 497 g/mol. The summed E-state index contributed by atoms with van der Waals surface area (Å²) >= 11 is 0. The Morgan fingerprint density at radius 3 is 2.17 bits per heavy atom. The Hall–Kier alpha value is -2.71. The normalized spacial score (nSPS) is 17.4. The lowest BCUT2D eigenvalue weighted by atomic mass is 10.1. The second-order valence-corrected chi connectivity index (χ2v) is 11.4. The number of hydrogen-bond donors (Lipinski definition) is 0.